The monoisotopic (exact) mass is 758 g/mol. The molecule has 1 aromatic heterocycles. The number of carbonyl (C=O) groups is 1. The summed E-state index contributed by atoms with van der Waals surface area (Å²) < 4.78 is 119. The molecule has 17 heteroatoms. The van der Waals surface area contributed by atoms with Crippen molar-refractivity contribution in [1.82, 2.24) is 14.6 Å². The largest absolute Gasteiger partial charge is 0.573 e. The first-order valence-electron chi connectivity index (χ1n) is 14.2. The molecular formula is C27H30F4IN5O6S. The van der Waals surface area contributed by atoms with Crippen LogP contribution in [0.4, 0.5) is 34.8 Å². The summed E-state index contributed by atoms with van der Waals surface area (Å²) in [7, 11) is -3.74. The van der Waals surface area contributed by atoms with Gasteiger partial charge in [-0.2, -0.15) is 13.1 Å². The number of carbonyl (C=O) groups excluding carboxylic acids is 1. The van der Waals surface area contributed by atoms with E-state index in [-0.39, 0.29) is 27.9 Å². The normalized spacial score (nSPS) is 13.1. The van der Waals surface area contributed by atoms with Gasteiger partial charge < -0.3 is 20.1 Å². The van der Waals surface area contributed by atoms with Crippen LogP contribution < -0.4 is 34.7 Å². The van der Waals surface area contributed by atoms with Gasteiger partial charge in [0.25, 0.3) is 11.5 Å². The van der Waals surface area contributed by atoms with Crippen LogP contribution >= 0.6 is 22.6 Å². The molecule has 3 aromatic rings. The standard InChI is InChI=1S/C27H30F4IN5O6S/c1-7-33-44(40,41)37(6)19-9-8-10-20(23(19)43-27(29,30)31)42-22-15(4)26(39)36(5)24(21(22)25(38)34-14(2)3)35-18-12-11-16(32)13-17(18)28/h8-14,33,35H,7H2,1-6H3,(H,34,38)/i6D3. The first-order valence-corrected chi connectivity index (χ1v) is 15.2. The predicted octanol–water partition coefficient (Wildman–Crippen LogP) is 5.30. The van der Waals surface area contributed by atoms with Crippen molar-refractivity contribution < 1.29 is 44.4 Å². The van der Waals surface area contributed by atoms with Gasteiger partial charge in [0.1, 0.15) is 17.2 Å². The van der Waals surface area contributed by atoms with Crippen LogP contribution in [0.25, 0.3) is 0 Å². The lowest BCUT2D eigenvalue weighted by molar-refractivity contribution is -0.274. The summed E-state index contributed by atoms with van der Waals surface area (Å²) in [5.74, 6) is -4.91. The zero-order valence-corrected chi connectivity index (χ0v) is 26.9. The van der Waals surface area contributed by atoms with Crippen LogP contribution in [0.15, 0.2) is 41.2 Å². The topological polar surface area (TPSA) is 131 Å². The van der Waals surface area contributed by atoms with Crippen molar-refractivity contribution in [3.63, 3.8) is 0 Å². The molecular weight excluding hydrogens is 725 g/mol. The Morgan fingerprint density at radius 3 is 2.45 bits per heavy atom. The number of benzene rings is 2. The van der Waals surface area contributed by atoms with Crippen molar-refractivity contribution in [2.24, 2.45) is 7.05 Å². The molecule has 3 rings (SSSR count). The molecule has 0 fully saturated rings. The number of halogens is 5. The number of amides is 1. The van der Waals surface area contributed by atoms with E-state index in [1.807, 2.05) is 27.3 Å². The maximum Gasteiger partial charge on any atom is 0.573 e. The molecule has 0 radical (unpaired) electrons. The smallest absolute Gasteiger partial charge is 0.452 e. The van der Waals surface area contributed by atoms with Crippen LogP contribution in [-0.4, -0.2) is 44.8 Å². The van der Waals surface area contributed by atoms with E-state index in [1.165, 1.54) is 39.1 Å². The highest BCUT2D eigenvalue weighted by molar-refractivity contribution is 14.1. The average molecular weight is 759 g/mol. The molecule has 0 spiro atoms. The predicted molar refractivity (Wildman–Crippen MR) is 166 cm³/mol. The number of hydrogen-bond donors (Lipinski definition) is 3. The first kappa shape index (κ1) is 30.4. The van der Waals surface area contributed by atoms with Gasteiger partial charge in [-0.25, -0.2) is 4.39 Å². The molecule has 0 saturated carbocycles. The molecule has 0 saturated heterocycles. The summed E-state index contributed by atoms with van der Waals surface area (Å²) in [5.41, 5.74) is -2.84. The van der Waals surface area contributed by atoms with E-state index in [0.717, 1.165) is 22.8 Å². The summed E-state index contributed by atoms with van der Waals surface area (Å²) >= 11 is 1.87. The molecule has 2 aromatic carbocycles. The Balaban J connectivity index is 2.42. The lowest BCUT2D eigenvalue weighted by Gasteiger charge is -2.25. The second-order valence-corrected chi connectivity index (χ2v) is 12.3. The van der Waals surface area contributed by atoms with Crippen molar-refractivity contribution in [2.45, 2.75) is 40.1 Å². The van der Waals surface area contributed by atoms with Gasteiger partial charge >= 0.3 is 16.6 Å². The Morgan fingerprint density at radius 2 is 1.89 bits per heavy atom. The SMILES string of the molecule is [2H]C([2H])([2H])N(c1cccc(Oc2c(C(=O)NC(C)C)c(Nc3ccc(I)cc3F)n(C)c(=O)c2C)c1OC(F)(F)F)S(=O)(=O)NCC. The number of anilines is 3. The van der Waals surface area contributed by atoms with Crippen LogP contribution in [-0.2, 0) is 17.3 Å². The second kappa shape index (κ2) is 13.6. The van der Waals surface area contributed by atoms with Gasteiger partial charge in [0, 0.05) is 34.3 Å². The van der Waals surface area contributed by atoms with Gasteiger partial charge in [0.05, 0.1) is 16.9 Å². The number of nitrogens with one attached hydrogen (secondary N) is 3. The Morgan fingerprint density at radius 1 is 1.20 bits per heavy atom. The van der Waals surface area contributed by atoms with E-state index in [1.54, 1.807) is 13.8 Å². The van der Waals surface area contributed by atoms with Crippen molar-refractivity contribution in [3.8, 4) is 17.2 Å². The van der Waals surface area contributed by atoms with Crippen LogP contribution in [0, 0.1) is 16.3 Å². The number of nitrogens with zero attached hydrogens (tertiary/aromatic N) is 2. The molecule has 0 unspecified atom stereocenters. The van der Waals surface area contributed by atoms with E-state index in [4.69, 9.17) is 8.85 Å². The van der Waals surface area contributed by atoms with Crippen molar-refractivity contribution in [1.29, 1.82) is 0 Å². The van der Waals surface area contributed by atoms with Gasteiger partial charge in [0.2, 0.25) is 0 Å². The Hall–Kier alpha value is -3.58. The lowest BCUT2D eigenvalue weighted by Crippen LogP contribution is -2.38. The van der Waals surface area contributed by atoms with Crippen LogP contribution in [0.3, 0.4) is 0 Å². The first-order chi connectivity index (χ1) is 21.6. The summed E-state index contributed by atoms with van der Waals surface area (Å²) in [6.45, 7) is 1.84. The number of aromatic nitrogens is 1. The number of hydrogen-bond acceptors (Lipinski definition) is 7. The molecule has 0 bridgehead atoms. The second-order valence-electron chi connectivity index (χ2n) is 9.44. The minimum absolute atomic E-state index is 0.168. The highest BCUT2D eigenvalue weighted by Crippen LogP contribution is 2.45. The maximum atomic E-state index is 14.9. The number of para-hydroxylation sites is 1. The number of pyridine rings is 1. The van der Waals surface area contributed by atoms with Crippen LogP contribution in [0.2, 0.25) is 0 Å². The highest BCUT2D eigenvalue weighted by atomic mass is 127. The minimum atomic E-state index is -5.51. The summed E-state index contributed by atoms with van der Waals surface area (Å²) in [5, 5.41) is 5.28. The third-order valence-electron chi connectivity index (χ3n) is 5.77. The summed E-state index contributed by atoms with van der Waals surface area (Å²) in [6.07, 6.45) is -5.51. The highest BCUT2D eigenvalue weighted by Gasteiger charge is 2.36. The summed E-state index contributed by atoms with van der Waals surface area (Å²) in [4.78, 5) is 27.0. The molecule has 0 aliphatic rings. The van der Waals surface area contributed by atoms with E-state index in [2.05, 4.69) is 15.4 Å². The fourth-order valence-electron chi connectivity index (χ4n) is 3.90. The van der Waals surface area contributed by atoms with Gasteiger partial charge in [0.15, 0.2) is 17.2 Å². The van der Waals surface area contributed by atoms with Crippen LogP contribution in [0.1, 0.15) is 40.8 Å². The Bertz CT molecular complexity index is 1840. The van der Waals surface area contributed by atoms with Gasteiger partial charge in [-0.05, 0) is 73.7 Å². The minimum Gasteiger partial charge on any atom is -0.452 e. The van der Waals surface area contributed by atoms with E-state index in [9.17, 15) is 35.6 Å². The van der Waals surface area contributed by atoms with Crippen molar-refractivity contribution >= 4 is 55.9 Å². The zero-order chi connectivity index (χ0) is 35.6. The maximum absolute atomic E-state index is 14.9. The molecule has 240 valence electrons. The molecule has 44 heavy (non-hydrogen) atoms. The van der Waals surface area contributed by atoms with Gasteiger partial charge in [-0.15, -0.1) is 13.2 Å². The molecule has 3 N–H and O–H groups in total. The van der Waals surface area contributed by atoms with Gasteiger partial charge in [-0.3, -0.25) is 18.5 Å². The third-order valence-corrected chi connectivity index (χ3v) is 7.77. The Kier molecular flexibility index (Phi) is 9.41. The van der Waals surface area contributed by atoms with Crippen molar-refractivity contribution in [2.75, 3.05) is 23.1 Å². The number of alkyl halides is 3. The van der Waals surface area contributed by atoms with E-state index in [0.29, 0.717) is 3.57 Å². The molecule has 11 nitrogen and oxygen atoms in total. The molecule has 0 aliphatic carbocycles. The number of ether oxygens (including phenoxy) is 2. The molecule has 0 aliphatic heterocycles. The lowest BCUT2D eigenvalue weighted by atomic mass is 10.1. The summed E-state index contributed by atoms with van der Waals surface area (Å²) in [6, 6.07) is 6.14. The average Bonchev–Trinajstić information content (AvgIpc) is 2.90. The fraction of sp³-hybridized carbons (Fsp3) is 0.333. The van der Waals surface area contributed by atoms with E-state index >= 15 is 0 Å². The van der Waals surface area contributed by atoms with Crippen LogP contribution in [0.5, 0.6) is 17.2 Å². The van der Waals surface area contributed by atoms with Crippen molar-refractivity contribution in [3.05, 3.63) is 67.3 Å². The molecule has 1 amide bonds. The number of rotatable bonds is 11. The van der Waals surface area contributed by atoms with Gasteiger partial charge in [-0.1, -0.05) is 13.0 Å². The quantitative estimate of drug-likeness (QED) is 0.179. The van der Waals surface area contributed by atoms with E-state index < -0.39 is 75.4 Å². The fourth-order valence-corrected chi connectivity index (χ4v) is 5.25. The Labute approximate surface area is 269 Å². The zero-order valence-electron chi connectivity index (χ0n) is 26.9. The molecule has 0 atom stereocenters. The third kappa shape index (κ3) is 7.92. The molecule has 1 heterocycles.